The minimum atomic E-state index is -0.383. The molecule has 1 aromatic heterocycles. The quantitative estimate of drug-likeness (QED) is 0.166. The van der Waals surface area contributed by atoms with Crippen LogP contribution in [0, 0.1) is 11.8 Å². The Kier molecular flexibility index (Phi) is 7.47. The Morgan fingerprint density at radius 1 is 0.464 bits per heavy atom. The highest BCUT2D eigenvalue weighted by molar-refractivity contribution is 6.11. The van der Waals surface area contributed by atoms with Crippen molar-refractivity contribution in [1.29, 1.82) is 0 Å². The predicted octanol–water partition coefficient (Wildman–Crippen LogP) is 14.1. The summed E-state index contributed by atoms with van der Waals surface area (Å²) in [6.07, 6.45) is 9.29. The normalized spacial score (nSPS) is 18.4. The third-order valence-corrected chi connectivity index (χ3v) is 12.4. The standard InChI is InChI=1S/C54H40N2/c1-37-16-8-13-25-49(37)54(40-19-4-2-5-20-40)50-26-14-11-23-45(50)46-32-30-44(36-51(46)54)55(42-29-28-38-17-9-10-18-39(38)34-42)43-31-33-53-48(35-43)47-24-12-15-27-52(47)56(53)41-21-6-3-7-22-41/h2-37,49H,1H3. The average Bonchev–Trinajstić information content (AvgIpc) is 3.75. The number of hydrogen-bond donors (Lipinski definition) is 0. The first-order chi connectivity index (χ1) is 27.7. The maximum absolute atomic E-state index is 2.51. The van der Waals surface area contributed by atoms with Gasteiger partial charge in [0, 0.05) is 39.4 Å². The molecule has 0 bridgehead atoms. The maximum atomic E-state index is 2.51. The van der Waals surface area contributed by atoms with E-state index in [0.29, 0.717) is 5.92 Å². The van der Waals surface area contributed by atoms with Gasteiger partial charge in [-0.05, 0) is 105 Å². The molecule has 0 aliphatic heterocycles. The smallest absolute Gasteiger partial charge is 0.0542 e. The van der Waals surface area contributed by atoms with E-state index in [1.165, 1.54) is 60.4 Å². The van der Waals surface area contributed by atoms with Gasteiger partial charge in [0.05, 0.1) is 16.4 Å². The van der Waals surface area contributed by atoms with Gasteiger partial charge in [0.1, 0.15) is 0 Å². The van der Waals surface area contributed by atoms with Crippen molar-refractivity contribution in [3.63, 3.8) is 0 Å². The molecule has 1 heterocycles. The van der Waals surface area contributed by atoms with E-state index in [4.69, 9.17) is 0 Å². The van der Waals surface area contributed by atoms with E-state index >= 15 is 0 Å². The Hall–Kier alpha value is -6.90. The first kappa shape index (κ1) is 32.5. The van der Waals surface area contributed by atoms with Gasteiger partial charge in [-0.25, -0.2) is 0 Å². The summed E-state index contributed by atoms with van der Waals surface area (Å²) in [5.41, 5.74) is 13.3. The number of hydrogen-bond acceptors (Lipinski definition) is 1. The van der Waals surface area contributed by atoms with Gasteiger partial charge in [-0.2, -0.15) is 0 Å². The molecule has 8 aromatic carbocycles. The van der Waals surface area contributed by atoms with Crippen molar-refractivity contribution in [2.24, 2.45) is 11.8 Å². The van der Waals surface area contributed by atoms with Gasteiger partial charge in [0.25, 0.3) is 0 Å². The third-order valence-electron chi connectivity index (χ3n) is 12.4. The first-order valence-corrected chi connectivity index (χ1v) is 19.7. The molecule has 56 heavy (non-hydrogen) atoms. The highest BCUT2D eigenvalue weighted by Gasteiger charge is 2.50. The number of aromatic nitrogens is 1. The van der Waals surface area contributed by atoms with Crippen LogP contribution in [0.15, 0.2) is 212 Å². The van der Waals surface area contributed by atoms with Crippen LogP contribution in [-0.4, -0.2) is 4.57 Å². The van der Waals surface area contributed by atoms with Crippen molar-refractivity contribution in [3.05, 3.63) is 229 Å². The van der Waals surface area contributed by atoms with E-state index in [0.717, 1.165) is 22.7 Å². The second-order valence-corrected chi connectivity index (χ2v) is 15.4. The molecule has 2 aliphatic carbocycles. The average molecular weight is 717 g/mol. The molecule has 2 heteroatoms. The van der Waals surface area contributed by atoms with Gasteiger partial charge >= 0.3 is 0 Å². The van der Waals surface area contributed by atoms with Crippen molar-refractivity contribution in [3.8, 4) is 16.8 Å². The van der Waals surface area contributed by atoms with Gasteiger partial charge in [0.2, 0.25) is 0 Å². The number of para-hydroxylation sites is 2. The van der Waals surface area contributed by atoms with Crippen LogP contribution in [-0.2, 0) is 5.41 Å². The zero-order valence-electron chi connectivity index (χ0n) is 31.3. The summed E-state index contributed by atoms with van der Waals surface area (Å²) in [6, 6.07) is 69.6. The van der Waals surface area contributed by atoms with E-state index in [1.807, 2.05) is 0 Å². The lowest BCUT2D eigenvalue weighted by Gasteiger charge is -2.42. The second kappa shape index (κ2) is 12.9. The molecule has 2 aliphatic rings. The lowest BCUT2D eigenvalue weighted by Crippen LogP contribution is -2.39. The van der Waals surface area contributed by atoms with Crippen molar-refractivity contribution >= 4 is 49.6 Å². The third kappa shape index (κ3) is 4.82. The largest absolute Gasteiger partial charge is 0.310 e. The highest BCUT2D eigenvalue weighted by Crippen LogP contribution is 2.59. The Balaban J connectivity index is 1.19. The molecule has 0 saturated heterocycles. The van der Waals surface area contributed by atoms with Crippen LogP contribution in [0.2, 0.25) is 0 Å². The van der Waals surface area contributed by atoms with Crippen LogP contribution < -0.4 is 4.90 Å². The molecule has 2 nitrogen and oxygen atoms in total. The van der Waals surface area contributed by atoms with Crippen molar-refractivity contribution in [2.75, 3.05) is 4.90 Å². The number of allylic oxidation sites excluding steroid dienone is 4. The van der Waals surface area contributed by atoms with E-state index < -0.39 is 0 Å². The predicted molar refractivity (Wildman–Crippen MR) is 236 cm³/mol. The Bertz CT molecular complexity index is 3010. The minimum Gasteiger partial charge on any atom is -0.310 e. The molecule has 0 amide bonds. The second-order valence-electron chi connectivity index (χ2n) is 15.4. The molecule has 0 spiro atoms. The number of rotatable bonds is 6. The number of benzene rings is 8. The molecule has 0 fully saturated rings. The van der Waals surface area contributed by atoms with Crippen LogP contribution in [0.1, 0.15) is 23.6 Å². The van der Waals surface area contributed by atoms with Crippen LogP contribution in [0.25, 0.3) is 49.4 Å². The summed E-state index contributed by atoms with van der Waals surface area (Å²) in [5.74, 6) is 0.561. The van der Waals surface area contributed by atoms with Crippen molar-refractivity contribution in [1.82, 2.24) is 4.57 Å². The minimum absolute atomic E-state index is 0.224. The Morgan fingerprint density at radius 3 is 1.95 bits per heavy atom. The molecule has 3 atom stereocenters. The molecule has 11 rings (SSSR count). The van der Waals surface area contributed by atoms with Crippen LogP contribution in [0.3, 0.4) is 0 Å². The zero-order chi connectivity index (χ0) is 37.2. The van der Waals surface area contributed by atoms with Gasteiger partial charge in [-0.3, -0.25) is 0 Å². The van der Waals surface area contributed by atoms with Crippen molar-refractivity contribution in [2.45, 2.75) is 12.3 Å². The maximum Gasteiger partial charge on any atom is 0.0542 e. The van der Waals surface area contributed by atoms with E-state index in [9.17, 15) is 0 Å². The van der Waals surface area contributed by atoms with E-state index in [1.54, 1.807) is 0 Å². The molecule has 0 radical (unpaired) electrons. The van der Waals surface area contributed by atoms with Crippen LogP contribution >= 0.6 is 0 Å². The fourth-order valence-corrected chi connectivity index (χ4v) is 9.98. The van der Waals surface area contributed by atoms with E-state index in [2.05, 4.69) is 229 Å². The lowest BCUT2D eigenvalue weighted by atomic mass is 9.60. The molecule has 3 unspecified atom stereocenters. The molecule has 266 valence electrons. The Morgan fingerprint density at radius 2 is 1.09 bits per heavy atom. The number of nitrogens with zero attached hydrogens (tertiary/aromatic N) is 2. The fourth-order valence-electron chi connectivity index (χ4n) is 9.98. The fraction of sp³-hybridized carbons (Fsp3) is 0.0741. The molecular weight excluding hydrogens is 677 g/mol. The SMILES string of the molecule is CC1C=CC=CC1C1(c2ccccc2)c2ccccc2-c2ccc(N(c3ccc4ccccc4c3)c3ccc4c(c3)c3ccccc3n4-c3ccccc3)cc21. The van der Waals surface area contributed by atoms with Crippen LogP contribution in [0.5, 0.6) is 0 Å². The summed E-state index contributed by atoms with van der Waals surface area (Å²) in [4.78, 5) is 2.47. The number of fused-ring (bicyclic) bond motifs is 7. The topological polar surface area (TPSA) is 8.17 Å². The van der Waals surface area contributed by atoms with Crippen molar-refractivity contribution < 1.29 is 0 Å². The Labute approximate surface area is 327 Å². The molecule has 9 aromatic rings. The lowest BCUT2D eigenvalue weighted by molar-refractivity contribution is 0.374. The first-order valence-electron chi connectivity index (χ1n) is 19.7. The zero-order valence-corrected chi connectivity index (χ0v) is 31.3. The summed E-state index contributed by atoms with van der Waals surface area (Å²) < 4.78 is 2.39. The van der Waals surface area contributed by atoms with Gasteiger partial charge < -0.3 is 9.47 Å². The van der Waals surface area contributed by atoms with Gasteiger partial charge in [-0.15, -0.1) is 0 Å². The summed E-state index contributed by atoms with van der Waals surface area (Å²) in [6.45, 7) is 2.38. The summed E-state index contributed by atoms with van der Waals surface area (Å²) >= 11 is 0. The number of anilines is 3. The summed E-state index contributed by atoms with van der Waals surface area (Å²) in [7, 11) is 0. The van der Waals surface area contributed by atoms with Gasteiger partial charge in [0.15, 0.2) is 0 Å². The molecular formula is C54H40N2. The monoisotopic (exact) mass is 716 g/mol. The summed E-state index contributed by atoms with van der Waals surface area (Å²) in [5, 5.41) is 4.92. The molecule has 0 N–H and O–H groups in total. The van der Waals surface area contributed by atoms with E-state index in [-0.39, 0.29) is 11.3 Å². The highest BCUT2D eigenvalue weighted by atomic mass is 15.1. The van der Waals surface area contributed by atoms with Gasteiger partial charge in [-0.1, -0.05) is 159 Å². The van der Waals surface area contributed by atoms with Crippen LogP contribution in [0.4, 0.5) is 17.1 Å². The molecule has 0 saturated carbocycles.